The third kappa shape index (κ3) is 5.51. The maximum atomic E-state index is 11.9. The first-order valence-corrected chi connectivity index (χ1v) is 8.08. The number of carbonyl (C=O) groups excluding carboxylic acids is 1. The molecular weight excluding hydrogens is 278 g/mol. The summed E-state index contributed by atoms with van der Waals surface area (Å²) in [6, 6.07) is 10.3. The van der Waals surface area contributed by atoms with Gasteiger partial charge in [0.1, 0.15) is 0 Å². The third-order valence-corrected chi connectivity index (χ3v) is 4.41. The number of carboxylic acids is 1. The predicted molar refractivity (Wildman–Crippen MR) is 87.8 cm³/mol. The van der Waals surface area contributed by atoms with E-state index < -0.39 is 5.97 Å². The first kappa shape index (κ1) is 18.2. The topological polar surface area (TPSA) is 66.4 Å². The summed E-state index contributed by atoms with van der Waals surface area (Å²) in [4.78, 5) is 22.4. The van der Waals surface area contributed by atoms with Crippen LogP contribution in [0.15, 0.2) is 30.3 Å². The van der Waals surface area contributed by atoms with E-state index in [1.54, 1.807) is 0 Å². The van der Waals surface area contributed by atoms with Gasteiger partial charge in [-0.1, -0.05) is 44.2 Å². The minimum Gasteiger partial charge on any atom is -0.481 e. The third-order valence-electron chi connectivity index (χ3n) is 4.41. The first-order valence-electron chi connectivity index (χ1n) is 8.08. The molecule has 0 spiro atoms. The number of unbranched alkanes of at least 4 members (excludes halogenated alkanes) is 1. The van der Waals surface area contributed by atoms with Gasteiger partial charge in [0, 0.05) is 24.8 Å². The van der Waals surface area contributed by atoms with E-state index in [0.717, 1.165) is 12.8 Å². The van der Waals surface area contributed by atoms with Gasteiger partial charge < -0.3 is 10.4 Å². The number of hydrogen-bond acceptors (Lipinski definition) is 2. The Kier molecular flexibility index (Phi) is 7.64. The molecule has 122 valence electrons. The summed E-state index contributed by atoms with van der Waals surface area (Å²) < 4.78 is 0. The van der Waals surface area contributed by atoms with Crippen LogP contribution < -0.4 is 5.32 Å². The van der Waals surface area contributed by atoms with E-state index in [-0.39, 0.29) is 17.7 Å². The minimum atomic E-state index is -0.805. The van der Waals surface area contributed by atoms with Gasteiger partial charge in [-0.2, -0.15) is 0 Å². The van der Waals surface area contributed by atoms with Crippen molar-refractivity contribution >= 4 is 11.9 Å². The van der Waals surface area contributed by atoms with Gasteiger partial charge in [-0.05, 0) is 31.2 Å². The number of hydrogen-bond donors (Lipinski definition) is 2. The second-order valence-corrected chi connectivity index (χ2v) is 5.73. The molecule has 0 bridgehead atoms. The SMILES string of the molecule is CCC(CC)(CNC(=O)CCCCC(=O)O)c1ccccc1. The van der Waals surface area contributed by atoms with Crippen LogP contribution in [0.25, 0.3) is 0 Å². The molecule has 22 heavy (non-hydrogen) atoms. The van der Waals surface area contributed by atoms with E-state index in [4.69, 9.17) is 5.11 Å². The van der Waals surface area contributed by atoms with Crippen LogP contribution in [0.3, 0.4) is 0 Å². The second-order valence-electron chi connectivity index (χ2n) is 5.73. The molecule has 4 nitrogen and oxygen atoms in total. The van der Waals surface area contributed by atoms with Crippen LogP contribution in [-0.2, 0) is 15.0 Å². The molecule has 1 rings (SSSR count). The number of aliphatic carboxylic acids is 1. The van der Waals surface area contributed by atoms with Crippen molar-refractivity contribution in [2.75, 3.05) is 6.54 Å². The fourth-order valence-electron chi connectivity index (χ4n) is 2.72. The Bertz CT molecular complexity index is 466. The second kappa shape index (κ2) is 9.23. The summed E-state index contributed by atoms with van der Waals surface area (Å²) in [6.07, 6.45) is 3.62. The van der Waals surface area contributed by atoms with Gasteiger partial charge >= 0.3 is 5.97 Å². The lowest BCUT2D eigenvalue weighted by Crippen LogP contribution is -2.40. The molecule has 1 aromatic carbocycles. The summed E-state index contributed by atoms with van der Waals surface area (Å²) in [5, 5.41) is 11.6. The Morgan fingerprint density at radius 1 is 1.05 bits per heavy atom. The standard InChI is InChI=1S/C18H27NO3/c1-3-18(4-2,15-10-6-5-7-11-15)14-19-16(20)12-8-9-13-17(21)22/h5-7,10-11H,3-4,8-9,12-14H2,1-2H3,(H,19,20)(H,21,22). The molecule has 2 N–H and O–H groups in total. The molecule has 0 aliphatic heterocycles. The number of rotatable bonds is 10. The van der Waals surface area contributed by atoms with Crippen molar-refractivity contribution in [1.82, 2.24) is 5.32 Å². The molecule has 4 heteroatoms. The van der Waals surface area contributed by atoms with Gasteiger partial charge in [0.05, 0.1) is 0 Å². The summed E-state index contributed by atoms with van der Waals surface area (Å²) in [7, 11) is 0. The van der Waals surface area contributed by atoms with Crippen molar-refractivity contribution in [1.29, 1.82) is 0 Å². The van der Waals surface area contributed by atoms with Gasteiger partial charge in [-0.3, -0.25) is 9.59 Å². The average molecular weight is 305 g/mol. The van der Waals surface area contributed by atoms with Crippen molar-refractivity contribution in [3.63, 3.8) is 0 Å². The molecule has 0 saturated heterocycles. The molecule has 0 unspecified atom stereocenters. The molecule has 0 aliphatic carbocycles. The largest absolute Gasteiger partial charge is 0.481 e. The first-order chi connectivity index (χ1) is 10.5. The van der Waals surface area contributed by atoms with Gasteiger partial charge in [0.15, 0.2) is 0 Å². The van der Waals surface area contributed by atoms with Gasteiger partial charge in [-0.25, -0.2) is 0 Å². The van der Waals surface area contributed by atoms with E-state index in [9.17, 15) is 9.59 Å². The lowest BCUT2D eigenvalue weighted by atomic mass is 9.76. The Hall–Kier alpha value is -1.84. The van der Waals surface area contributed by atoms with E-state index in [1.807, 2.05) is 18.2 Å². The maximum absolute atomic E-state index is 11.9. The molecule has 1 aromatic rings. The van der Waals surface area contributed by atoms with E-state index in [2.05, 4.69) is 31.3 Å². The van der Waals surface area contributed by atoms with E-state index >= 15 is 0 Å². The lowest BCUT2D eigenvalue weighted by Gasteiger charge is -2.32. The number of nitrogens with one attached hydrogen (secondary N) is 1. The van der Waals surface area contributed by atoms with Gasteiger partial charge in [0.2, 0.25) is 5.91 Å². The summed E-state index contributed by atoms with van der Waals surface area (Å²) in [5.41, 5.74) is 1.23. The fraction of sp³-hybridized carbons (Fsp3) is 0.556. The van der Waals surface area contributed by atoms with Gasteiger partial charge in [-0.15, -0.1) is 0 Å². The smallest absolute Gasteiger partial charge is 0.303 e. The Morgan fingerprint density at radius 3 is 2.18 bits per heavy atom. The van der Waals surface area contributed by atoms with Crippen molar-refractivity contribution in [3.8, 4) is 0 Å². The number of benzene rings is 1. The predicted octanol–water partition coefficient (Wildman–Crippen LogP) is 3.51. The monoisotopic (exact) mass is 305 g/mol. The van der Waals surface area contributed by atoms with Gasteiger partial charge in [0.25, 0.3) is 0 Å². The highest BCUT2D eigenvalue weighted by atomic mass is 16.4. The minimum absolute atomic E-state index is 0.00703. The molecule has 0 aromatic heterocycles. The molecule has 1 amide bonds. The zero-order valence-corrected chi connectivity index (χ0v) is 13.6. The normalized spacial score (nSPS) is 11.2. The van der Waals surface area contributed by atoms with Crippen LogP contribution in [0.4, 0.5) is 0 Å². The molecule has 0 saturated carbocycles. The van der Waals surface area contributed by atoms with Crippen LogP contribution in [0.1, 0.15) is 57.9 Å². The Morgan fingerprint density at radius 2 is 1.64 bits per heavy atom. The highest BCUT2D eigenvalue weighted by molar-refractivity contribution is 5.76. The quantitative estimate of drug-likeness (QED) is 0.650. The van der Waals surface area contributed by atoms with Crippen LogP contribution in [0, 0.1) is 0 Å². The van der Waals surface area contributed by atoms with Crippen molar-refractivity contribution in [3.05, 3.63) is 35.9 Å². The van der Waals surface area contributed by atoms with Crippen LogP contribution in [0.2, 0.25) is 0 Å². The Labute approximate surface area is 132 Å². The van der Waals surface area contributed by atoms with Crippen LogP contribution in [-0.4, -0.2) is 23.5 Å². The lowest BCUT2D eigenvalue weighted by molar-refractivity contribution is -0.137. The van der Waals surface area contributed by atoms with Crippen LogP contribution >= 0.6 is 0 Å². The molecule has 0 fully saturated rings. The molecular formula is C18H27NO3. The van der Waals surface area contributed by atoms with Crippen LogP contribution in [0.5, 0.6) is 0 Å². The van der Waals surface area contributed by atoms with Crippen molar-refractivity contribution in [2.45, 2.75) is 57.8 Å². The zero-order chi connectivity index (χ0) is 16.4. The summed E-state index contributed by atoms with van der Waals surface area (Å²) >= 11 is 0. The molecule has 0 heterocycles. The number of carbonyl (C=O) groups is 2. The highest BCUT2D eigenvalue weighted by Crippen LogP contribution is 2.30. The molecule has 0 aliphatic rings. The fourth-order valence-corrected chi connectivity index (χ4v) is 2.72. The summed E-state index contributed by atoms with van der Waals surface area (Å²) in [6.45, 7) is 4.92. The highest BCUT2D eigenvalue weighted by Gasteiger charge is 2.28. The average Bonchev–Trinajstić information content (AvgIpc) is 2.54. The van der Waals surface area contributed by atoms with E-state index in [1.165, 1.54) is 5.56 Å². The Balaban J connectivity index is 2.51. The van der Waals surface area contributed by atoms with E-state index in [0.29, 0.717) is 25.8 Å². The number of amides is 1. The number of carboxylic acid groups (broad SMARTS) is 1. The van der Waals surface area contributed by atoms with Crippen molar-refractivity contribution in [2.24, 2.45) is 0 Å². The summed E-state index contributed by atoms with van der Waals surface area (Å²) in [5.74, 6) is -0.798. The maximum Gasteiger partial charge on any atom is 0.303 e. The molecule has 0 atom stereocenters. The zero-order valence-electron chi connectivity index (χ0n) is 13.6. The van der Waals surface area contributed by atoms with Crippen molar-refractivity contribution < 1.29 is 14.7 Å². The molecule has 0 radical (unpaired) electrons.